The van der Waals surface area contributed by atoms with Crippen LogP contribution in [0.2, 0.25) is 5.02 Å². The topological polar surface area (TPSA) is 89.5 Å². The van der Waals surface area contributed by atoms with Crippen LogP contribution in [0.15, 0.2) is 48.5 Å². The Balaban J connectivity index is 1.95. The van der Waals surface area contributed by atoms with Gasteiger partial charge in [-0.3, -0.25) is 9.52 Å². The summed E-state index contributed by atoms with van der Waals surface area (Å²) in [5.41, 5.74) is 0.935. The lowest BCUT2D eigenvalue weighted by Gasteiger charge is -2.06. The molecule has 126 valence electrons. The number of nitrogens with one attached hydrogen (secondary N) is 1. The summed E-state index contributed by atoms with van der Waals surface area (Å²) < 4.78 is 29.5. The number of anilines is 1. The number of carbonyl (C=O) groups excluding carboxylic acids is 2. The number of ketones is 1. The van der Waals surface area contributed by atoms with Crippen molar-refractivity contribution >= 4 is 39.1 Å². The molecule has 2 aromatic rings. The van der Waals surface area contributed by atoms with Crippen LogP contribution in [-0.2, 0) is 14.8 Å². The highest BCUT2D eigenvalue weighted by Crippen LogP contribution is 2.13. The molecule has 0 saturated carbocycles. The number of carbonyl (C=O) groups is 2. The zero-order chi connectivity index (χ0) is 17.7. The zero-order valence-corrected chi connectivity index (χ0v) is 14.2. The Labute approximate surface area is 144 Å². The number of ether oxygens (including phenoxy) is 1. The first-order valence-corrected chi connectivity index (χ1v) is 9.05. The fourth-order valence-electron chi connectivity index (χ4n) is 1.82. The molecule has 0 radical (unpaired) electrons. The van der Waals surface area contributed by atoms with Gasteiger partial charge in [-0.05, 0) is 48.5 Å². The first-order chi connectivity index (χ1) is 11.2. The molecule has 0 spiro atoms. The SMILES string of the molecule is CS(=O)(=O)Nc1ccc(C(=O)COC(=O)c2ccc(Cl)cc2)cc1. The second kappa shape index (κ2) is 7.46. The van der Waals surface area contributed by atoms with Crippen molar-refractivity contribution in [3.8, 4) is 0 Å². The van der Waals surface area contributed by atoms with Gasteiger partial charge in [0.05, 0.1) is 11.8 Å². The molecule has 0 aliphatic rings. The smallest absolute Gasteiger partial charge is 0.338 e. The fraction of sp³-hybridized carbons (Fsp3) is 0.125. The second-order valence-electron chi connectivity index (χ2n) is 4.96. The van der Waals surface area contributed by atoms with E-state index in [1.807, 2.05) is 0 Å². The maximum atomic E-state index is 12.0. The third-order valence-electron chi connectivity index (χ3n) is 2.92. The van der Waals surface area contributed by atoms with Crippen LogP contribution in [0.25, 0.3) is 0 Å². The van der Waals surface area contributed by atoms with Crippen LogP contribution in [0.4, 0.5) is 5.69 Å². The van der Waals surface area contributed by atoms with Gasteiger partial charge in [0.2, 0.25) is 10.0 Å². The van der Waals surface area contributed by atoms with Gasteiger partial charge >= 0.3 is 5.97 Å². The van der Waals surface area contributed by atoms with Crippen LogP contribution in [0.5, 0.6) is 0 Å². The highest BCUT2D eigenvalue weighted by atomic mass is 35.5. The highest BCUT2D eigenvalue weighted by molar-refractivity contribution is 7.92. The lowest BCUT2D eigenvalue weighted by molar-refractivity contribution is 0.0475. The average molecular weight is 368 g/mol. The summed E-state index contributed by atoms with van der Waals surface area (Å²) in [5, 5.41) is 0.491. The Kier molecular flexibility index (Phi) is 5.58. The van der Waals surface area contributed by atoms with E-state index in [2.05, 4.69) is 4.72 Å². The summed E-state index contributed by atoms with van der Waals surface area (Å²) in [4.78, 5) is 23.8. The van der Waals surface area contributed by atoms with Crippen LogP contribution in [0, 0.1) is 0 Å². The zero-order valence-electron chi connectivity index (χ0n) is 12.7. The van der Waals surface area contributed by atoms with Gasteiger partial charge in [0.25, 0.3) is 0 Å². The third-order valence-corrected chi connectivity index (χ3v) is 3.78. The number of rotatable bonds is 6. The van der Waals surface area contributed by atoms with Gasteiger partial charge in [-0.2, -0.15) is 0 Å². The minimum Gasteiger partial charge on any atom is -0.454 e. The number of Topliss-reactive ketones (excluding diaryl/α,β-unsaturated/α-hetero) is 1. The molecule has 6 nitrogen and oxygen atoms in total. The van der Waals surface area contributed by atoms with E-state index in [4.69, 9.17) is 16.3 Å². The van der Waals surface area contributed by atoms with E-state index < -0.39 is 28.4 Å². The molecular weight excluding hydrogens is 354 g/mol. The highest BCUT2D eigenvalue weighted by Gasteiger charge is 2.12. The predicted molar refractivity (Wildman–Crippen MR) is 91.0 cm³/mol. The van der Waals surface area contributed by atoms with Gasteiger partial charge in [0.15, 0.2) is 12.4 Å². The molecule has 0 heterocycles. The predicted octanol–water partition coefficient (Wildman–Crippen LogP) is 2.75. The number of sulfonamides is 1. The van der Waals surface area contributed by atoms with Gasteiger partial charge in [-0.15, -0.1) is 0 Å². The van der Waals surface area contributed by atoms with Gasteiger partial charge in [0, 0.05) is 16.3 Å². The summed E-state index contributed by atoms with van der Waals surface area (Å²) in [6.45, 7) is -0.416. The van der Waals surface area contributed by atoms with Crippen molar-refractivity contribution in [2.24, 2.45) is 0 Å². The Morgan fingerprint density at radius 2 is 1.54 bits per heavy atom. The van der Waals surface area contributed by atoms with Crippen molar-refractivity contribution < 1.29 is 22.7 Å². The molecule has 0 atom stereocenters. The summed E-state index contributed by atoms with van der Waals surface area (Å²) in [7, 11) is -3.38. The molecule has 0 aliphatic heterocycles. The minimum atomic E-state index is -3.38. The fourth-order valence-corrected chi connectivity index (χ4v) is 2.51. The molecule has 0 unspecified atom stereocenters. The van der Waals surface area contributed by atoms with E-state index >= 15 is 0 Å². The molecule has 2 aromatic carbocycles. The van der Waals surface area contributed by atoms with E-state index in [-0.39, 0.29) is 0 Å². The lowest BCUT2D eigenvalue weighted by atomic mass is 10.1. The normalized spacial score (nSPS) is 10.9. The van der Waals surface area contributed by atoms with E-state index in [1.54, 1.807) is 12.1 Å². The molecule has 0 saturated heterocycles. The summed E-state index contributed by atoms with van der Waals surface area (Å²) in [5.74, 6) is -1.03. The van der Waals surface area contributed by atoms with Gasteiger partial charge < -0.3 is 4.74 Å². The molecule has 0 aliphatic carbocycles. The molecule has 1 N–H and O–H groups in total. The Morgan fingerprint density at radius 3 is 2.08 bits per heavy atom. The quantitative estimate of drug-likeness (QED) is 0.626. The molecular formula is C16H14ClNO5S. The van der Waals surface area contributed by atoms with Crippen molar-refractivity contribution in [1.29, 1.82) is 0 Å². The van der Waals surface area contributed by atoms with Crippen LogP contribution < -0.4 is 4.72 Å². The van der Waals surface area contributed by atoms with Gasteiger partial charge in [0.1, 0.15) is 0 Å². The molecule has 0 fully saturated rings. The monoisotopic (exact) mass is 367 g/mol. The molecule has 2 rings (SSSR count). The Hall–Kier alpha value is -2.38. The molecule has 0 amide bonds. The number of halogens is 1. The van der Waals surface area contributed by atoms with Crippen LogP contribution in [0.1, 0.15) is 20.7 Å². The van der Waals surface area contributed by atoms with Crippen molar-refractivity contribution in [3.05, 3.63) is 64.7 Å². The van der Waals surface area contributed by atoms with Crippen LogP contribution in [-0.4, -0.2) is 33.0 Å². The van der Waals surface area contributed by atoms with Crippen molar-refractivity contribution in [2.75, 3.05) is 17.6 Å². The third kappa shape index (κ3) is 5.36. The van der Waals surface area contributed by atoms with Crippen molar-refractivity contribution in [3.63, 3.8) is 0 Å². The maximum absolute atomic E-state index is 12.0. The van der Waals surface area contributed by atoms with Crippen LogP contribution >= 0.6 is 11.6 Å². The van der Waals surface area contributed by atoms with E-state index in [9.17, 15) is 18.0 Å². The first kappa shape index (κ1) is 18.0. The number of hydrogen-bond donors (Lipinski definition) is 1. The number of esters is 1. The summed E-state index contributed by atoms with van der Waals surface area (Å²) in [6.07, 6.45) is 1.03. The molecule has 8 heteroatoms. The molecule has 24 heavy (non-hydrogen) atoms. The second-order valence-corrected chi connectivity index (χ2v) is 7.14. The average Bonchev–Trinajstić information content (AvgIpc) is 2.52. The van der Waals surface area contributed by atoms with Crippen molar-refractivity contribution in [2.45, 2.75) is 0 Å². The maximum Gasteiger partial charge on any atom is 0.338 e. The standard InChI is InChI=1S/C16H14ClNO5S/c1-24(21,22)18-14-8-4-11(5-9-14)15(19)10-23-16(20)12-2-6-13(17)7-3-12/h2-9,18H,10H2,1H3. The van der Waals surface area contributed by atoms with Crippen LogP contribution in [0.3, 0.4) is 0 Å². The minimum absolute atomic E-state index is 0.292. The number of benzene rings is 2. The summed E-state index contributed by atoms with van der Waals surface area (Å²) in [6, 6.07) is 11.9. The van der Waals surface area contributed by atoms with E-state index in [1.165, 1.54) is 36.4 Å². The number of hydrogen-bond acceptors (Lipinski definition) is 5. The van der Waals surface area contributed by atoms with E-state index in [0.717, 1.165) is 6.26 Å². The molecule has 0 aromatic heterocycles. The Morgan fingerprint density at radius 1 is 1.00 bits per heavy atom. The van der Waals surface area contributed by atoms with Gasteiger partial charge in [-0.1, -0.05) is 11.6 Å². The Bertz CT molecular complexity index is 845. The van der Waals surface area contributed by atoms with E-state index in [0.29, 0.717) is 21.8 Å². The van der Waals surface area contributed by atoms with Crippen molar-refractivity contribution in [1.82, 2.24) is 0 Å². The first-order valence-electron chi connectivity index (χ1n) is 6.78. The summed E-state index contributed by atoms with van der Waals surface area (Å²) >= 11 is 5.73. The lowest BCUT2D eigenvalue weighted by Crippen LogP contribution is -2.14. The van der Waals surface area contributed by atoms with Gasteiger partial charge in [-0.25, -0.2) is 13.2 Å². The molecule has 0 bridgehead atoms. The largest absolute Gasteiger partial charge is 0.454 e.